The highest BCUT2D eigenvalue weighted by atomic mass is 35.5. The molecule has 2 rings (SSSR count). The van der Waals surface area contributed by atoms with Crippen LogP contribution in [0.25, 0.3) is 0 Å². The Labute approximate surface area is 107 Å². The second-order valence-corrected chi connectivity index (χ2v) is 4.90. The molecule has 0 radical (unpaired) electrons. The maximum atomic E-state index is 6.33. The average molecular weight is 256 g/mol. The van der Waals surface area contributed by atoms with Gasteiger partial charge in [0, 0.05) is 16.7 Å². The van der Waals surface area contributed by atoms with E-state index in [4.69, 9.17) is 21.1 Å². The Hall–Kier alpha value is -0.930. The predicted octanol–water partition coefficient (Wildman–Crippen LogP) is 2.95. The van der Waals surface area contributed by atoms with Gasteiger partial charge in [0.15, 0.2) is 11.5 Å². The van der Waals surface area contributed by atoms with Crippen molar-refractivity contribution in [3.8, 4) is 11.5 Å². The van der Waals surface area contributed by atoms with Gasteiger partial charge in [0.05, 0.1) is 0 Å². The summed E-state index contributed by atoms with van der Waals surface area (Å²) in [5, 5.41) is 3.92. The van der Waals surface area contributed by atoms with Crippen LogP contribution in [0.5, 0.6) is 11.5 Å². The first-order valence-electron chi connectivity index (χ1n) is 5.90. The highest BCUT2D eigenvalue weighted by Crippen LogP contribution is 2.44. The van der Waals surface area contributed by atoms with Gasteiger partial charge in [0.25, 0.3) is 0 Å². The molecular formula is C13H18ClNO2. The van der Waals surface area contributed by atoms with Gasteiger partial charge in [-0.05, 0) is 31.5 Å². The number of rotatable bonds is 4. The topological polar surface area (TPSA) is 30.5 Å². The summed E-state index contributed by atoms with van der Waals surface area (Å²) in [6.07, 6.45) is 0.902. The molecule has 0 bridgehead atoms. The Morgan fingerprint density at radius 1 is 1.41 bits per heavy atom. The van der Waals surface area contributed by atoms with Crippen molar-refractivity contribution in [1.29, 1.82) is 0 Å². The van der Waals surface area contributed by atoms with Crippen molar-refractivity contribution in [2.45, 2.75) is 26.2 Å². The summed E-state index contributed by atoms with van der Waals surface area (Å²) in [5.41, 5.74) is 2.35. The molecule has 0 aromatic heterocycles. The summed E-state index contributed by atoms with van der Waals surface area (Å²) in [6.45, 7) is 5.49. The molecule has 4 heteroatoms. The van der Waals surface area contributed by atoms with Crippen LogP contribution in [-0.2, 0) is 6.42 Å². The number of nitrogens with one attached hydrogen (secondary N) is 1. The van der Waals surface area contributed by atoms with E-state index in [1.165, 1.54) is 11.1 Å². The Morgan fingerprint density at radius 3 is 2.82 bits per heavy atom. The summed E-state index contributed by atoms with van der Waals surface area (Å²) in [6, 6.07) is 1.86. The monoisotopic (exact) mass is 255 g/mol. The van der Waals surface area contributed by atoms with Crippen LogP contribution in [0, 0.1) is 0 Å². The van der Waals surface area contributed by atoms with E-state index < -0.39 is 0 Å². The van der Waals surface area contributed by atoms with Crippen molar-refractivity contribution in [2.24, 2.45) is 0 Å². The molecule has 1 N–H and O–H groups in total. The third-order valence-corrected chi connectivity index (χ3v) is 3.30. The molecule has 1 heterocycles. The number of likely N-dealkylation sites (N-methyl/N-ethyl adjacent to an activating group) is 1. The first kappa shape index (κ1) is 12.5. The number of hydrogen-bond donors (Lipinski definition) is 1. The van der Waals surface area contributed by atoms with Gasteiger partial charge in [-0.3, -0.25) is 0 Å². The third-order valence-electron chi connectivity index (χ3n) is 2.96. The zero-order valence-corrected chi connectivity index (χ0v) is 11.2. The molecule has 0 saturated carbocycles. The number of halogens is 1. The van der Waals surface area contributed by atoms with Gasteiger partial charge in [-0.1, -0.05) is 25.4 Å². The summed E-state index contributed by atoms with van der Waals surface area (Å²) in [5.74, 6) is 2.01. The smallest absolute Gasteiger partial charge is 0.231 e. The molecule has 1 aromatic carbocycles. The standard InChI is InChI=1S/C13H18ClNO2/c1-8(2)12-9(4-5-15-3)10(14)6-11-13(12)17-7-16-11/h6,8,15H,4-5,7H2,1-3H3. The van der Waals surface area contributed by atoms with E-state index in [2.05, 4.69) is 19.2 Å². The third kappa shape index (κ3) is 2.35. The highest BCUT2D eigenvalue weighted by Gasteiger charge is 2.24. The molecule has 0 atom stereocenters. The van der Waals surface area contributed by atoms with Crippen molar-refractivity contribution >= 4 is 11.6 Å². The fourth-order valence-electron chi connectivity index (χ4n) is 2.19. The molecule has 0 amide bonds. The minimum atomic E-state index is 0.293. The zero-order valence-electron chi connectivity index (χ0n) is 10.5. The molecule has 94 valence electrons. The molecule has 0 saturated heterocycles. The molecule has 1 aliphatic rings. The first-order valence-corrected chi connectivity index (χ1v) is 6.28. The summed E-state index contributed by atoms with van der Waals surface area (Å²) >= 11 is 6.33. The van der Waals surface area contributed by atoms with E-state index in [9.17, 15) is 0 Å². The van der Waals surface area contributed by atoms with E-state index in [1.807, 2.05) is 13.1 Å². The van der Waals surface area contributed by atoms with Gasteiger partial charge in [-0.2, -0.15) is 0 Å². The molecule has 0 fully saturated rings. The summed E-state index contributed by atoms with van der Waals surface area (Å²) in [7, 11) is 1.94. The first-order chi connectivity index (χ1) is 8.15. The van der Waals surface area contributed by atoms with Crippen molar-refractivity contribution < 1.29 is 9.47 Å². The van der Waals surface area contributed by atoms with Crippen molar-refractivity contribution in [1.82, 2.24) is 5.32 Å². The lowest BCUT2D eigenvalue weighted by Gasteiger charge is -2.17. The minimum Gasteiger partial charge on any atom is -0.454 e. The lowest BCUT2D eigenvalue weighted by Crippen LogP contribution is -2.12. The van der Waals surface area contributed by atoms with Gasteiger partial charge in [-0.25, -0.2) is 0 Å². The zero-order chi connectivity index (χ0) is 12.4. The summed E-state index contributed by atoms with van der Waals surface area (Å²) in [4.78, 5) is 0. The molecule has 17 heavy (non-hydrogen) atoms. The van der Waals surface area contributed by atoms with Crippen molar-refractivity contribution in [2.75, 3.05) is 20.4 Å². The van der Waals surface area contributed by atoms with Crippen LogP contribution >= 0.6 is 11.6 Å². The number of hydrogen-bond acceptors (Lipinski definition) is 3. The average Bonchev–Trinajstić information content (AvgIpc) is 2.72. The summed E-state index contributed by atoms with van der Waals surface area (Å²) < 4.78 is 11.0. The second kappa shape index (κ2) is 5.15. The lowest BCUT2D eigenvalue weighted by molar-refractivity contribution is 0.173. The Morgan fingerprint density at radius 2 is 2.18 bits per heavy atom. The van der Waals surface area contributed by atoms with Crippen LogP contribution in [0.2, 0.25) is 5.02 Å². The number of fused-ring (bicyclic) bond motifs is 1. The normalized spacial score (nSPS) is 13.5. The van der Waals surface area contributed by atoms with Gasteiger partial charge in [0.2, 0.25) is 6.79 Å². The molecule has 1 aliphatic heterocycles. The van der Waals surface area contributed by atoms with Crippen LogP contribution < -0.4 is 14.8 Å². The van der Waals surface area contributed by atoms with Gasteiger partial charge < -0.3 is 14.8 Å². The Kier molecular flexibility index (Phi) is 3.79. The SMILES string of the molecule is CNCCc1c(Cl)cc2c(c1C(C)C)OCO2. The number of benzene rings is 1. The fourth-order valence-corrected chi connectivity index (χ4v) is 2.48. The molecule has 1 aromatic rings. The van der Waals surface area contributed by atoms with Crippen LogP contribution in [0.15, 0.2) is 6.07 Å². The molecule has 0 unspecified atom stereocenters. The van der Waals surface area contributed by atoms with E-state index in [-0.39, 0.29) is 0 Å². The van der Waals surface area contributed by atoms with Gasteiger partial charge >= 0.3 is 0 Å². The number of ether oxygens (including phenoxy) is 2. The quantitative estimate of drug-likeness (QED) is 0.897. The van der Waals surface area contributed by atoms with E-state index in [0.29, 0.717) is 12.7 Å². The fraction of sp³-hybridized carbons (Fsp3) is 0.538. The maximum Gasteiger partial charge on any atom is 0.231 e. The van der Waals surface area contributed by atoms with E-state index in [1.54, 1.807) is 0 Å². The predicted molar refractivity (Wildman–Crippen MR) is 69.3 cm³/mol. The molecule has 0 spiro atoms. The largest absolute Gasteiger partial charge is 0.454 e. The van der Waals surface area contributed by atoms with Crippen molar-refractivity contribution in [3.63, 3.8) is 0 Å². The van der Waals surface area contributed by atoms with Crippen molar-refractivity contribution in [3.05, 3.63) is 22.2 Å². The lowest BCUT2D eigenvalue weighted by atomic mass is 9.93. The van der Waals surface area contributed by atoms with E-state index in [0.717, 1.165) is 29.5 Å². The molecule has 0 aliphatic carbocycles. The highest BCUT2D eigenvalue weighted by molar-refractivity contribution is 6.31. The van der Waals surface area contributed by atoms with Gasteiger partial charge in [0.1, 0.15) is 0 Å². The Balaban J connectivity index is 2.48. The second-order valence-electron chi connectivity index (χ2n) is 4.49. The van der Waals surface area contributed by atoms with Crippen LogP contribution in [-0.4, -0.2) is 20.4 Å². The van der Waals surface area contributed by atoms with Gasteiger partial charge in [-0.15, -0.1) is 0 Å². The van der Waals surface area contributed by atoms with Crippen LogP contribution in [0.4, 0.5) is 0 Å². The minimum absolute atomic E-state index is 0.293. The van der Waals surface area contributed by atoms with Crippen LogP contribution in [0.3, 0.4) is 0 Å². The Bertz CT molecular complexity index is 418. The van der Waals surface area contributed by atoms with Crippen LogP contribution in [0.1, 0.15) is 30.9 Å². The molecular weight excluding hydrogens is 238 g/mol. The van der Waals surface area contributed by atoms with E-state index >= 15 is 0 Å². The maximum absolute atomic E-state index is 6.33. The molecule has 3 nitrogen and oxygen atoms in total.